The van der Waals surface area contributed by atoms with Gasteiger partial charge in [-0.05, 0) is 38.2 Å². The van der Waals surface area contributed by atoms with Gasteiger partial charge in [-0.3, -0.25) is 0 Å². The van der Waals surface area contributed by atoms with E-state index in [1.54, 1.807) is 0 Å². The minimum absolute atomic E-state index is 0.549. The van der Waals surface area contributed by atoms with E-state index in [2.05, 4.69) is 50.0 Å². The van der Waals surface area contributed by atoms with Crippen molar-refractivity contribution in [2.75, 3.05) is 39.1 Å². The van der Waals surface area contributed by atoms with E-state index in [0.29, 0.717) is 5.88 Å². The van der Waals surface area contributed by atoms with Crippen LogP contribution in [0.4, 0.5) is 5.82 Å². The van der Waals surface area contributed by atoms with Crippen LogP contribution >= 0.6 is 11.6 Å². The largest absolute Gasteiger partial charge is 0.358 e. The zero-order valence-corrected chi connectivity index (χ0v) is 12.7. The summed E-state index contributed by atoms with van der Waals surface area (Å²) < 4.78 is 0. The van der Waals surface area contributed by atoms with Crippen molar-refractivity contribution in [2.45, 2.75) is 25.6 Å². The molecule has 0 spiro atoms. The maximum absolute atomic E-state index is 5.95. The van der Waals surface area contributed by atoms with Gasteiger partial charge in [-0.1, -0.05) is 13.3 Å². The normalized spacial score (nSPS) is 11.0. The smallest absolute Gasteiger partial charge is 0.128 e. The predicted octanol–water partition coefficient (Wildman–Crippen LogP) is 2.77. The SMILES string of the molecule is CCCc1cc(CCl)cc(N(C)CCN(C)C)n1. The molecule has 18 heavy (non-hydrogen) atoms. The molecule has 102 valence electrons. The first kappa shape index (κ1) is 15.3. The Morgan fingerprint density at radius 2 is 1.89 bits per heavy atom. The first-order chi connectivity index (χ1) is 8.56. The van der Waals surface area contributed by atoms with E-state index >= 15 is 0 Å². The van der Waals surface area contributed by atoms with Crippen molar-refractivity contribution >= 4 is 17.4 Å². The van der Waals surface area contributed by atoms with Gasteiger partial charge in [0.25, 0.3) is 0 Å². The van der Waals surface area contributed by atoms with Crippen LogP contribution in [0.5, 0.6) is 0 Å². The summed E-state index contributed by atoms with van der Waals surface area (Å²) in [4.78, 5) is 9.06. The summed E-state index contributed by atoms with van der Waals surface area (Å²) in [7, 11) is 6.25. The Hall–Kier alpha value is -0.800. The number of aromatic nitrogens is 1. The quantitative estimate of drug-likeness (QED) is 0.710. The van der Waals surface area contributed by atoms with Gasteiger partial charge in [0.2, 0.25) is 0 Å². The van der Waals surface area contributed by atoms with Crippen molar-refractivity contribution in [3.05, 3.63) is 23.4 Å². The van der Waals surface area contributed by atoms with Crippen LogP contribution in [0.15, 0.2) is 12.1 Å². The minimum atomic E-state index is 0.549. The number of halogens is 1. The summed E-state index contributed by atoms with van der Waals surface area (Å²) in [6.45, 7) is 4.16. The van der Waals surface area contributed by atoms with E-state index in [1.807, 2.05) is 0 Å². The molecule has 0 bridgehead atoms. The maximum atomic E-state index is 5.95. The Labute approximate surface area is 116 Å². The lowest BCUT2D eigenvalue weighted by Gasteiger charge is -2.21. The first-order valence-corrected chi connectivity index (χ1v) is 7.02. The lowest BCUT2D eigenvalue weighted by atomic mass is 10.2. The van der Waals surface area contributed by atoms with Crippen LogP contribution < -0.4 is 4.90 Å². The third-order valence-electron chi connectivity index (χ3n) is 2.86. The summed E-state index contributed by atoms with van der Waals surface area (Å²) in [6.07, 6.45) is 2.12. The molecule has 1 rings (SSSR count). The Kier molecular flexibility index (Phi) is 6.44. The standard InChI is InChI=1S/C14H24ClN3/c1-5-6-13-9-12(11-15)10-14(16-13)18(4)8-7-17(2)3/h9-10H,5-8,11H2,1-4H3. The molecule has 0 aliphatic heterocycles. The van der Waals surface area contributed by atoms with E-state index in [1.165, 1.54) is 0 Å². The van der Waals surface area contributed by atoms with Gasteiger partial charge in [0, 0.05) is 31.7 Å². The third kappa shape index (κ3) is 4.83. The van der Waals surface area contributed by atoms with Crippen LogP contribution in [-0.4, -0.2) is 44.1 Å². The molecule has 0 saturated carbocycles. The third-order valence-corrected chi connectivity index (χ3v) is 3.17. The highest BCUT2D eigenvalue weighted by molar-refractivity contribution is 6.17. The fourth-order valence-corrected chi connectivity index (χ4v) is 1.91. The predicted molar refractivity (Wildman–Crippen MR) is 79.6 cm³/mol. The average molecular weight is 270 g/mol. The van der Waals surface area contributed by atoms with Crippen LogP contribution in [0.25, 0.3) is 0 Å². The second-order valence-electron chi connectivity index (χ2n) is 4.93. The molecule has 0 radical (unpaired) electrons. The highest BCUT2D eigenvalue weighted by Crippen LogP contribution is 2.16. The molecule has 0 aromatic carbocycles. The Bertz CT molecular complexity index is 366. The molecule has 0 aliphatic carbocycles. The molecular formula is C14H24ClN3. The lowest BCUT2D eigenvalue weighted by Crippen LogP contribution is -2.29. The van der Waals surface area contributed by atoms with Gasteiger partial charge in [-0.15, -0.1) is 11.6 Å². The van der Waals surface area contributed by atoms with Crippen molar-refractivity contribution in [1.29, 1.82) is 0 Å². The second-order valence-corrected chi connectivity index (χ2v) is 5.20. The number of likely N-dealkylation sites (N-methyl/N-ethyl adjacent to an activating group) is 2. The molecule has 0 saturated heterocycles. The van der Waals surface area contributed by atoms with Crippen LogP contribution in [0.3, 0.4) is 0 Å². The van der Waals surface area contributed by atoms with Gasteiger partial charge in [0.1, 0.15) is 5.82 Å². The van der Waals surface area contributed by atoms with Crippen LogP contribution in [-0.2, 0) is 12.3 Å². The van der Waals surface area contributed by atoms with Crippen molar-refractivity contribution in [3.8, 4) is 0 Å². The zero-order chi connectivity index (χ0) is 13.5. The Morgan fingerprint density at radius 3 is 2.44 bits per heavy atom. The summed E-state index contributed by atoms with van der Waals surface area (Å²) in [6, 6.07) is 4.20. The van der Waals surface area contributed by atoms with E-state index in [9.17, 15) is 0 Å². The number of alkyl halides is 1. The van der Waals surface area contributed by atoms with E-state index in [0.717, 1.165) is 43.0 Å². The van der Waals surface area contributed by atoms with Crippen LogP contribution in [0.2, 0.25) is 0 Å². The van der Waals surface area contributed by atoms with Gasteiger partial charge < -0.3 is 9.80 Å². The fraction of sp³-hybridized carbons (Fsp3) is 0.643. The lowest BCUT2D eigenvalue weighted by molar-refractivity contribution is 0.416. The minimum Gasteiger partial charge on any atom is -0.358 e. The first-order valence-electron chi connectivity index (χ1n) is 6.48. The van der Waals surface area contributed by atoms with Crippen molar-refractivity contribution in [2.24, 2.45) is 0 Å². The van der Waals surface area contributed by atoms with Crippen molar-refractivity contribution in [1.82, 2.24) is 9.88 Å². The molecule has 0 amide bonds. The zero-order valence-electron chi connectivity index (χ0n) is 11.9. The molecular weight excluding hydrogens is 246 g/mol. The number of rotatable bonds is 7. The van der Waals surface area contributed by atoms with Crippen LogP contribution in [0, 0.1) is 0 Å². The molecule has 0 unspecified atom stereocenters. The molecule has 0 atom stereocenters. The van der Waals surface area contributed by atoms with E-state index in [4.69, 9.17) is 16.6 Å². The molecule has 0 N–H and O–H groups in total. The molecule has 0 aliphatic rings. The van der Waals surface area contributed by atoms with Crippen LogP contribution in [0.1, 0.15) is 24.6 Å². The van der Waals surface area contributed by atoms with Crippen molar-refractivity contribution in [3.63, 3.8) is 0 Å². The van der Waals surface area contributed by atoms with Gasteiger partial charge in [-0.25, -0.2) is 4.98 Å². The molecule has 1 aromatic heterocycles. The molecule has 1 heterocycles. The number of nitrogens with zero attached hydrogens (tertiary/aromatic N) is 3. The summed E-state index contributed by atoms with van der Waals surface area (Å²) in [5, 5.41) is 0. The summed E-state index contributed by atoms with van der Waals surface area (Å²) >= 11 is 5.95. The van der Waals surface area contributed by atoms with Gasteiger partial charge in [0.15, 0.2) is 0 Å². The Morgan fingerprint density at radius 1 is 1.17 bits per heavy atom. The monoisotopic (exact) mass is 269 g/mol. The second kappa shape index (κ2) is 7.59. The highest BCUT2D eigenvalue weighted by atomic mass is 35.5. The number of pyridine rings is 1. The average Bonchev–Trinajstić information content (AvgIpc) is 2.35. The topological polar surface area (TPSA) is 19.4 Å². The summed E-state index contributed by atoms with van der Waals surface area (Å²) in [5.74, 6) is 1.58. The maximum Gasteiger partial charge on any atom is 0.128 e. The Balaban J connectivity index is 2.82. The molecule has 3 nitrogen and oxygen atoms in total. The number of aryl methyl sites for hydroxylation is 1. The summed E-state index contributed by atoms with van der Waals surface area (Å²) in [5.41, 5.74) is 2.30. The molecule has 1 aromatic rings. The number of hydrogen-bond acceptors (Lipinski definition) is 3. The van der Waals surface area contributed by atoms with E-state index in [-0.39, 0.29) is 0 Å². The van der Waals surface area contributed by atoms with E-state index < -0.39 is 0 Å². The number of anilines is 1. The van der Waals surface area contributed by atoms with Gasteiger partial charge in [0.05, 0.1) is 0 Å². The van der Waals surface area contributed by atoms with Gasteiger partial charge in [-0.2, -0.15) is 0 Å². The molecule has 4 heteroatoms. The number of hydrogen-bond donors (Lipinski definition) is 0. The van der Waals surface area contributed by atoms with Crippen molar-refractivity contribution < 1.29 is 0 Å². The highest BCUT2D eigenvalue weighted by Gasteiger charge is 2.07. The van der Waals surface area contributed by atoms with Gasteiger partial charge >= 0.3 is 0 Å². The molecule has 0 fully saturated rings. The fourth-order valence-electron chi connectivity index (χ4n) is 1.75.